The first-order chi connectivity index (χ1) is 29.0. The molecule has 0 radical (unpaired) electrons. The number of esters is 1. The Kier molecular flexibility index (Phi) is 45.6. The van der Waals surface area contributed by atoms with Crippen molar-refractivity contribution in [2.75, 3.05) is 6.61 Å². The SMILES string of the molecule is CCCCC/C=C\C/C=C\CCCCCCCC(CC(=O)NC(CO)C(O)CCCCCCCCCCC)OC(=O)CCCCCCC/C=C/CCCCCCCCC. The lowest BCUT2D eigenvalue weighted by molar-refractivity contribution is -0.151. The standard InChI is InChI=1S/C53H99NO5/c1-4-7-10-13-16-19-21-23-25-27-29-31-34-37-40-43-46-53(58)59-49(44-41-38-35-33-30-28-26-24-22-20-17-14-11-8-5-2)47-52(57)54-50(48-55)51(56)45-42-39-36-32-18-15-12-9-6-3/h17,20,24-27,49-51,55-56H,4-16,18-19,21-23,28-48H2,1-3H3,(H,54,57)/b20-17-,26-24-,27-25+. The largest absolute Gasteiger partial charge is 0.462 e. The fraction of sp³-hybridized carbons (Fsp3) is 0.849. The number of allylic oxidation sites excluding steroid dienone is 6. The quantitative estimate of drug-likeness (QED) is 0.0323. The molecule has 346 valence electrons. The number of hydrogen-bond donors (Lipinski definition) is 3. The molecule has 6 heteroatoms. The van der Waals surface area contributed by atoms with E-state index in [0.717, 1.165) is 77.0 Å². The van der Waals surface area contributed by atoms with Gasteiger partial charge in [0.05, 0.1) is 25.2 Å². The normalized spacial score (nSPS) is 13.5. The van der Waals surface area contributed by atoms with Crippen molar-refractivity contribution in [3.63, 3.8) is 0 Å². The molecule has 3 unspecified atom stereocenters. The van der Waals surface area contributed by atoms with Gasteiger partial charge < -0.3 is 20.3 Å². The third-order valence-corrected chi connectivity index (χ3v) is 11.7. The van der Waals surface area contributed by atoms with Gasteiger partial charge in [-0.3, -0.25) is 9.59 Å². The number of amides is 1. The molecule has 0 heterocycles. The molecule has 0 bridgehead atoms. The summed E-state index contributed by atoms with van der Waals surface area (Å²) in [5.74, 6) is -0.491. The maximum Gasteiger partial charge on any atom is 0.306 e. The van der Waals surface area contributed by atoms with E-state index in [0.29, 0.717) is 19.3 Å². The lowest BCUT2D eigenvalue weighted by Crippen LogP contribution is -2.46. The highest BCUT2D eigenvalue weighted by Crippen LogP contribution is 2.17. The summed E-state index contributed by atoms with van der Waals surface area (Å²) in [6.07, 6.45) is 54.9. The molecule has 59 heavy (non-hydrogen) atoms. The summed E-state index contributed by atoms with van der Waals surface area (Å²) in [6, 6.07) is -0.704. The summed E-state index contributed by atoms with van der Waals surface area (Å²) in [4.78, 5) is 26.1. The van der Waals surface area contributed by atoms with Crippen molar-refractivity contribution in [3.05, 3.63) is 36.5 Å². The average Bonchev–Trinajstić information content (AvgIpc) is 3.23. The van der Waals surface area contributed by atoms with E-state index in [4.69, 9.17) is 4.74 Å². The number of carbonyl (C=O) groups excluding carboxylic acids is 2. The van der Waals surface area contributed by atoms with Gasteiger partial charge in [-0.25, -0.2) is 0 Å². The first-order valence-electron chi connectivity index (χ1n) is 25.7. The van der Waals surface area contributed by atoms with E-state index in [1.807, 2.05) is 0 Å². The fourth-order valence-electron chi connectivity index (χ4n) is 7.75. The Morgan fingerprint density at radius 1 is 0.492 bits per heavy atom. The molecule has 0 rings (SSSR count). The van der Waals surface area contributed by atoms with E-state index in [-0.39, 0.29) is 24.9 Å². The van der Waals surface area contributed by atoms with Gasteiger partial charge >= 0.3 is 5.97 Å². The molecule has 0 spiro atoms. The Morgan fingerprint density at radius 2 is 0.864 bits per heavy atom. The number of carbonyl (C=O) groups is 2. The van der Waals surface area contributed by atoms with E-state index in [1.54, 1.807) is 0 Å². The molecule has 0 aliphatic carbocycles. The Hall–Kier alpha value is -1.92. The maximum atomic E-state index is 13.2. The van der Waals surface area contributed by atoms with Crippen molar-refractivity contribution in [2.45, 2.75) is 283 Å². The van der Waals surface area contributed by atoms with Crippen molar-refractivity contribution in [1.82, 2.24) is 5.32 Å². The van der Waals surface area contributed by atoms with Crippen LogP contribution >= 0.6 is 0 Å². The molecule has 0 saturated heterocycles. The molecule has 0 aromatic rings. The van der Waals surface area contributed by atoms with Gasteiger partial charge in [0.15, 0.2) is 0 Å². The highest BCUT2D eigenvalue weighted by molar-refractivity contribution is 5.77. The van der Waals surface area contributed by atoms with Crippen LogP contribution in [0.15, 0.2) is 36.5 Å². The molecule has 6 nitrogen and oxygen atoms in total. The van der Waals surface area contributed by atoms with Crippen LogP contribution < -0.4 is 5.32 Å². The van der Waals surface area contributed by atoms with Gasteiger partial charge in [-0.1, -0.05) is 205 Å². The van der Waals surface area contributed by atoms with Gasteiger partial charge in [-0.05, 0) is 83.5 Å². The average molecular weight is 830 g/mol. The number of aliphatic hydroxyl groups excluding tert-OH is 2. The molecule has 3 N–H and O–H groups in total. The monoisotopic (exact) mass is 830 g/mol. The first-order valence-corrected chi connectivity index (χ1v) is 25.7. The molecule has 0 aliphatic heterocycles. The molecular weight excluding hydrogens is 731 g/mol. The lowest BCUT2D eigenvalue weighted by atomic mass is 10.0. The Labute approximate surface area is 366 Å². The zero-order chi connectivity index (χ0) is 43.1. The third-order valence-electron chi connectivity index (χ3n) is 11.7. The zero-order valence-electron chi connectivity index (χ0n) is 39.4. The third kappa shape index (κ3) is 42.6. The zero-order valence-corrected chi connectivity index (χ0v) is 39.4. The molecule has 3 atom stereocenters. The highest BCUT2D eigenvalue weighted by Gasteiger charge is 2.24. The summed E-state index contributed by atoms with van der Waals surface area (Å²) in [6.45, 7) is 6.44. The number of ether oxygens (including phenoxy) is 1. The molecule has 0 aromatic heterocycles. The summed E-state index contributed by atoms with van der Waals surface area (Å²) < 4.78 is 5.92. The van der Waals surface area contributed by atoms with Crippen LogP contribution in [0, 0.1) is 0 Å². The second-order valence-electron chi connectivity index (χ2n) is 17.6. The Bertz CT molecular complexity index is 977. The van der Waals surface area contributed by atoms with E-state index < -0.39 is 18.2 Å². The van der Waals surface area contributed by atoms with Gasteiger partial charge in [0.25, 0.3) is 0 Å². The molecule has 1 amide bonds. The predicted molar refractivity (Wildman–Crippen MR) is 255 cm³/mol. The summed E-state index contributed by atoms with van der Waals surface area (Å²) >= 11 is 0. The lowest BCUT2D eigenvalue weighted by Gasteiger charge is -2.24. The van der Waals surface area contributed by atoms with Crippen LogP contribution in [0.25, 0.3) is 0 Å². The van der Waals surface area contributed by atoms with Crippen LogP contribution in [-0.4, -0.2) is 46.9 Å². The van der Waals surface area contributed by atoms with Crippen molar-refractivity contribution in [3.8, 4) is 0 Å². The fourth-order valence-corrected chi connectivity index (χ4v) is 7.75. The molecule has 0 aliphatic rings. The number of unbranched alkanes of at least 4 members (excludes halogenated alkanes) is 28. The molecular formula is C53H99NO5. The van der Waals surface area contributed by atoms with Crippen LogP contribution in [0.1, 0.15) is 265 Å². The second-order valence-corrected chi connectivity index (χ2v) is 17.6. The predicted octanol–water partition coefficient (Wildman–Crippen LogP) is 15.3. The highest BCUT2D eigenvalue weighted by atomic mass is 16.5. The van der Waals surface area contributed by atoms with Crippen LogP contribution in [0.4, 0.5) is 0 Å². The summed E-state index contributed by atoms with van der Waals surface area (Å²) in [5, 5.41) is 23.7. The minimum Gasteiger partial charge on any atom is -0.462 e. The number of aliphatic hydroxyl groups is 2. The summed E-state index contributed by atoms with van der Waals surface area (Å²) in [7, 11) is 0. The van der Waals surface area contributed by atoms with Gasteiger partial charge in [0.1, 0.15) is 6.10 Å². The van der Waals surface area contributed by atoms with E-state index >= 15 is 0 Å². The molecule has 0 fully saturated rings. The van der Waals surface area contributed by atoms with Crippen LogP contribution in [0.5, 0.6) is 0 Å². The van der Waals surface area contributed by atoms with E-state index in [2.05, 4.69) is 62.5 Å². The second kappa shape index (κ2) is 47.1. The minimum atomic E-state index is -0.790. The van der Waals surface area contributed by atoms with Crippen molar-refractivity contribution >= 4 is 11.9 Å². The van der Waals surface area contributed by atoms with E-state index in [1.165, 1.54) is 141 Å². The van der Waals surface area contributed by atoms with Crippen molar-refractivity contribution < 1.29 is 24.5 Å². The van der Waals surface area contributed by atoms with Crippen LogP contribution in [0.3, 0.4) is 0 Å². The minimum absolute atomic E-state index is 0.0668. The van der Waals surface area contributed by atoms with Gasteiger partial charge in [0.2, 0.25) is 5.91 Å². The van der Waals surface area contributed by atoms with Crippen LogP contribution in [0.2, 0.25) is 0 Å². The first kappa shape index (κ1) is 57.1. The van der Waals surface area contributed by atoms with Gasteiger partial charge in [-0.2, -0.15) is 0 Å². The number of rotatable bonds is 46. The van der Waals surface area contributed by atoms with Gasteiger partial charge in [-0.15, -0.1) is 0 Å². The van der Waals surface area contributed by atoms with Crippen molar-refractivity contribution in [1.29, 1.82) is 0 Å². The topological polar surface area (TPSA) is 95.9 Å². The Balaban J connectivity index is 4.59. The van der Waals surface area contributed by atoms with Crippen LogP contribution in [-0.2, 0) is 14.3 Å². The maximum absolute atomic E-state index is 13.2. The van der Waals surface area contributed by atoms with E-state index in [9.17, 15) is 19.8 Å². The molecule has 0 saturated carbocycles. The molecule has 0 aromatic carbocycles. The number of nitrogens with one attached hydrogen (secondary N) is 1. The number of hydrogen-bond acceptors (Lipinski definition) is 5. The Morgan fingerprint density at radius 3 is 1.34 bits per heavy atom. The van der Waals surface area contributed by atoms with Gasteiger partial charge in [0, 0.05) is 6.42 Å². The smallest absolute Gasteiger partial charge is 0.306 e. The van der Waals surface area contributed by atoms with Crippen molar-refractivity contribution in [2.24, 2.45) is 0 Å². The summed E-state index contributed by atoms with van der Waals surface area (Å²) in [5.41, 5.74) is 0.